The molecule has 0 aliphatic heterocycles. The Kier molecular flexibility index (Phi) is 3.69. The number of thioether (sulfide) groups is 1. The fourth-order valence-electron chi connectivity index (χ4n) is 0.943. The van der Waals surface area contributed by atoms with E-state index in [1.165, 1.54) is 11.8 Å². The normalized spacial score (nSPS) is 10.5. The van der Waals surface area contributed by atoms with E-state index in [1.807, 2.05) is 20.8 Å². The number of aliphatic hydroxyl groups is 1. The SMILES string of the molecule is Cc1nc(SCCO)nc(C)c1C. The molecule has 0 saturated heterocycles. The molecule has 0 aliphatic carbocycles. The van der Waals surface area contributed by atoms with Gasteiger partial charge in [-0.3, -0.25) is 0 Å². The van der Waals surface area contributed by atoms with E-state index in [2.05, 4.69) is 9.97 Å². The van der Waals surface area contributed by atoms with Gasteiger partial charge in [-0.1, -0.05) is 11.8 Å². The highest BCUT2D eigenvalue weighted by Crippen LogP contribution is 2.16. The van der Waals surface area contributed by atoms with Gasteiger partial charge in [0.2, 0.25) is 0 Å². The van der Waals surface area contributed by atoms with Crippen LogP contribution in [0, 0.1) is 20.8 Å². The number of rotatable bonds is 3. The summed E-state index contributed by atoms with van der Waals surface area (Å²) in [5, 5.41) is 9.40. The lowest BCUT2D eigenvalue weighted by Gasteiger charge is -2.05. The van der Waals surface area contributed by atoms with Crippen molar-refractivity contribution in [3.63, 3.8) is 0 Å². The van der Waals surface area contributed by atoms with Gasteiger partial charge in [-0.25, -0.2) is 9.97 Å². The van der Waals surface area contributed by atoms with Crippen LogP contribution in [-0.2, 0) is 0 Å². The maximum atomic E-state index is 8.64. The number of aliphatic hydroxyl groups excluding tert-OH is 1. The number of hydrogen-bond donors (Lipinski definition) is 1. The van der Waals surface area contributed by atoms with Gasteiger partial charge in [0.25, 0.3) is 0 Å². The van der Waals surface area contributed by atoms with Crippen LogP contribution >= 0.6 is 11.8 Å². The van der Waals surface area contributed by atoms with Crippen molar-refractivity contribution in [2.45, 2.75) is 25.9 Å². The third-order valence-electron chi connectivity index (χ3n) is 1.93. The molecule has 1 aromatic rings. The maximum absolute atomic E-state index is 8.64. The Morgan fingerprint density at radius 2 is 1.69 bits per heavy atom. The fraction of sp³-hybridized carbons (Fsp3) is 0.556. The van der Waals surface area contributed by atoms with E-state index in [0.29, 0.717) is 5.75 Å². The molecule has 0 aromatic carbocycles. The summed E-state index contributed by atoms with van der Waals surface area (Å²) in [5.74, 6) is 0.655. The molecular weight excluding hydrogens is 184 g/mol. The molecule has 72 valence electrons. The van der Waals surface area contributed by atoms with Crippen molar-refractivity contribution in [1.29, 1.82) is 0 Å². The second kappa shape index (κ2) is 4.58. The molecule has 0 saturated carbocycles. The molecule has 0 atom stereocenters. The number of aryl methyl sites for hydroxylation is 2. The molecular formula is C9H14N2OS. The summed E-state index contributed by atoms with van der Waals surface area (Å²) in [6.45, 7) is 6.14. The Hall–Kier alpha value is -0.610. The summed E-state index contributed by atoms with van der Waals surface area (Å²) in [6.07, 6.45) is 0. The average molecular weight is 198 g/mol. The smallest absolute Gasteiger partial charge is 0.188 e. The molecule has 1 N–H and O–H groups in total. The zero-order chi connectivity index (χ0) is 9.84. The lowest BCUT2D eigenvalue weighted by atomic mass is 10.2. The van der Waals surface area contributed by atoms with Gasteiger partial charge in [0.05, 0.1) is 6.61 Å². The average Bonchev–Trinajstić information content (AvgIpc) is 2.10. The summed E-state index contributed by atoms with van der Waals surface area (Å²) in [5.41, 5.74) is 3.19. The van der Waals surface area contributed by atoms with Crippen molar-refractivity contribution in [1.82, 2.24) is 9.97 Å². The molecule has 1 heterocycles. The molecule has 13 heavy (non-hydrogen) atoms. The van der Waals surface area contributed by atoms with Crippen LogP contribution in [0.5, 0.6) is 0 Å². The highest BCUT2D eigenvalue weighted by Gasteiger charge is 2.03. The first kappa shape index (κ1) is 10.5. The first-order chi connectivity index (χ1) is 6.15. The van der Waals surface area contributed by atoms with E-state index in [9.17, 15) is 0 Å². The Labute approximate surface area is 82.6 Å². The minimum absolute atomic E-state index is 0.167. The van der Waals surface area contributed by atoms with Crippen LogP contribution in [0.3, 0.4) is 0 Å². The van der Waals surface area contributed by atoms with Crippen molar-refractivity contribution in [2.24, 2.45) is 0 Å². The van der Waals surface area contributed by atoms with Gasteiger partial charge in [-0.05, 0) is 26.3 Å². The molecule has 0 amide bonds. The second-order valence-electron chi connectivity index (χ2n) is 2.87. The number of nitrogens with zero attached hydrogens (tertiary/aromatic N) is 2. The zero-order valence-corrected chi connectivity index (χ0v) is 8.98. The van der Waals surface area contributed by atoms with E-state index in [0.717, 1.165) is 22.1 Å². The molecule has 0 radical (unpaired) electrons. The zero-order valence-electron chi connectivity index (χ0n) is 8.16. The Balaban J connectivity index is 2.86. The third kappa shape index (κ3) is 2.67. The minimum Gasteiger partial charge on any atom is -0.396 e. The van der Waals surface area contributed by atoms with E-state index < -0.39 is 0 Å². The topological polar surface area (TPSA) is 46.0 Å². The minimum atomic E-state index is 0.167. The molecule has 0 spiro atoms. The summed E-state index contributed by atoms with van der Waals surface area (Å²) in [7, 11) is 0. The maximum Gasteiger partial charge on any atom is 0.188 e. The van der Waals surface area contributed by atoms with Crippen LogP contribution in [0.4, 0.5) is 0 Å². The summed E-state index contributed by atoms with van der Waals surface area (Å²) in [4.78, 5) is 8.62. The van der Waals surface area contributed by atoms with Gasteiger partial charge in [0.1, 0.15) is 0 Å². The standard InChI is InChI=1S/C9H14N2OS/c1-6-7(2)10-9(11-8(6)3)13-5-4-12/h12H,4-5H2,1-3H3. The van der Waals surface area contributed by atoms with Gasteiger partial charge in [0.15, 0.2) is 5.16 Å². The van der Waals surface area contributed by atoms with Crippen LogP contribution in [0.2, 0.25) is 0 Å². The molecule has 1 rings (SSSR count). The lowest BCUT2D eigenvalue weighted by molar-refractivity contribution is 0.322. The summed E-state index contributed by atoms with van der Waals surface area (Å²) >= 11 is 1.49. The van der Waals surface area contributed by atoms with Crippen molar-refractivity contribution in [3.8, 4) is 0 Å². The van der Waals surface area contributed by atoms with Gasteiger partial charge < -0.3 is 5.11 Å². The van der Waals surface area contributed by atoms with Crippen LogP contribution < -0.4 is 0 Å². The van der Waals surface area contributed by atoms with Crippen LogP contribution in [0.15, 0.2) is 5.16 Å². The molecule has 3 nitrogen and oxygen atoms in total. The summed E-state index contributed by atoms with van der Waals surface area (Å²) in [6, 6.07) is 0. The van der Waals surface area contributed by atoms with Crippen molar-refractivity contribution >= 4 is 11.8 Å². The molecule has 4 heteroatoms. The number of hydrogen-bond acceptors (Lipinski definition) is 4. The quantitative estimate of drug-likeness (QED) is 0.590. The van der Waals surface area contributed by atoms with Gasteiger partial charge in [-0.15, -0.1) is 0 Å². The molecule has 0 fully saturated rings. The van der Waals surface area contributed by atoms with E-state index in [1.54, 1.807) is 0 Å². The Bertz CT molecular complexity index is 279. The van der Waals surface area contributed by atoms with Crippen LogP contribution in [0.1, 0.15) is 17.0 Å². The van der Waals surface area contributed by atoms with Crippen molar-refractivity contribution < 1.29 is 5.11 Å². The van der Waals surface area contributed by atoms with Crippen LogP contribution in [-0.4, -0.2) is 27.4 Å². The van der Waals surface area contributed by atoms with E-state index in [-0.39, 0.29) is 6.61 Å². The molecule has 0 aliphatic rings. The monoisotopic (exact) mass is 198 g/mol. The first-order valence-corrected chi connectivity index (χ1v) is 5.19. The predicted octanol–water partition coefficient (Wildman–Crippen LogP) is 1.49. The second-order valence-corrected chi connectivity index (χ2v) is 3.94. The molecule has 0 bridgehead atoms. The Morgan fingerprint density at radius 3 is 2.15 bits per heavy atom. The number of aromatic nitrogens is 2. The highest BCUT2D eigenvalue weighted by molar-refractivity contribution is 7.99. The predicted molar refractivity (Wildman–Crippen MR) is 54.1 cm³/mol. The first-order valence-electron chi connectivity index (χ1n) is 4.20. The Morgan fingerprint density at radius 1 is 1.15 bits per heavy atom. The molecule has 0 unspecified atom stereocenters. The van der Waals surface area contributed by atoms with E-state index >= 15 is 0 Å². The summed E-state index contributed by atoms with van der Waals surface area (Å²) < 4.78 is 0. The van der Waals surface area contributed by atoms with E-state index in [4.69, 9.17) is 5.11 Å². The van der Waals surface area contributed by atoms with Gasteiger partial charge in [0, 0.05) is 17.1 Å². The van der Waals surface area contributed by atoms with Gasteiger partial charge >= 0.3 is 0 Å². The lowest BCUT2D eigenvalue weighted by Crippen LogP contribution is -1.99. The van der Waals surface area contributed by atoms with Crippen molar-refractivity contribution in [3.05, 3.63) is 17.0 Å². The molecule has 1 aromatic heterocycles. The largest absolute Gasteiger partial charge is 0.396 e. The van der Waals surface area contributed by atoms with Crippen LogP contribution in [0.25, 0.3) is 0 Å². The third-order valence-corrected chi connectivity index (χ3v) is 2.76. The fourth-order valence-corrected chi connectivity index (χ4v) is 1.62. The van der Waals surface area contributed by atoms with Gasteiger partial charge in [-0.2, -0.15) is 0 Å². The van der Waals surface area contributed by atoms with Crippen molar-refractivity contribution in [2.75, 3.05) is 12.4 Å². The highest BCUT2D eigenvalue weighted by atomic mass is 32.2.